The maximum absolute atomic E-state index is 11.5. The van der Waals surface area contributed by atoms with Gasteiger partial charge in [-0.15, -0.1) is 0 Å². The molecule has 0 saturated carbocycles. The minimum absolute atomic E-state index is 0.222. The van der Waals surface area contributed by atoms with Gasteiger partial charge in [-0.25, -0.2) is 4.79 Å². The highest BCUT2D eigenvalue weighted by molar-refractivity contribution is 5.68. The van der Waals surface area contributed by atoms with Gasteiger partial charge in [-0.2, -0.15) is 0 Å². The van der Waals surface area contributed by atoms with Crippen LogP contribution >= 0.6 is 0 Å². The molecule has 15 heavy (non-hydrogen) atoms. The normalized spacial score (nSPS) is 13.8. The Morgan fingerprint density at radius 2 is 1.87 bits per heavy atom. The van der Waals surface area contributed by atoms with Crippen LogP contribution in [-0.4, -0.2) is 17.7 Å². The van der Waals surface area contributed by atoms with E-state index >= 15 is 0 Å². The van der Waals surface area contributed by atoms with E-state index < -0.39 is 5.60 Å². The molecule has 0 aliphatic carbocycles. The van der Waals surface area contributed by atoms with Gasteiger partial charge in [0.05, 0.1) is 0 Å². The highest BCUT2D eigenvalue weighted by atomic mass is 16.6. The molecule has 3 nitrogen and oxygen atoms in total. The van der Waals surface area contributed by atoms with Gasteiger partial charge >= 0.3 is 6.09 Å². The van der Waals surface area contributed by atoms with Crippen molar-refractivity contribution in [2.75, 3.05) is 0 Å². The number of carbonyl (C=O) groups is 1. The molecule has 0 saturated heterocycles. The van der Waals surface area contributed by atoms with Crippen LogP contribution in [0.25, 0.3) is 0 Å². The summed E-state index contributed by atoms with van der Waals surface area (Å²) < 4.78 is 5.20. The predicted molar refractivity (Wildman–Crippen MR) is 62.9 cm³/mol. The summed E-state index contributed by atoms with van der Waals surface area (Å²) in [6, 6.07) is 0.222. The molecular weight excluding hydrogens is 190 g/mol. The number of nitrogens with one attached hydrogen (secondary N) is 1. The van der Waals surface area contributed by atoms with Gasteiger partial charge in [-0.05, 0) is 39.5 Å². The van der Waals surface area contributed by atoms with Crippen molar-refractivity contribution in [3.8, 4) is 0 Å². The Labute approximate surface area is 93.6 Å². The molecule has 1 N–H and O–H groups in total. The van der Waals surface area contributed by atoms with Crippen LogP contribution in [-0.2, 0) is 4.74 Å². The molecule has 0 radical (unpaired) electrons. The molecular formula is C12H25NO2. The molecule has 0 rings (SSSR count). The smallest absolute Gasteiger partial charge is 0.407 e. The third kappa shape index (κ3) is 8.28. The van der Waals surface area contributed by atoms with E-state index in [0.29, 0.717) is 5.92 Å². The van der Waals surface area contributed by atoms with Crippen LogP contribution in [0.3, 0.4) is 0 Å². The average molecular weight is 215 g/mol. The van der Waals surface area contributed by atoms with Crippen LogP contribution in [0.2, 0.25) is 0 Å². The van der Waals surface area contributed by atoms with Crippen molar-refractivity contribution in [2.45, 2.75) is 66.0 Å². The minimum atomic E-state index is -0.416. The molecule has 90 valence electrons. The summed E-state index contributed by atoms with van der Waals surface area (Å²) in [6.45, 7) is 12.0. The molecule has 1 unspecified atom stereocenters. The molecule has 0 fully saturated rings. The van der Waals surface area contributed by atoms with Gasteiger partial charge in [0.15, 0.2) is 0 Å². The molecule has 0 aliphatic rings. The van der Waals surface area contributed by atoms with Crippen LogP contribution < -0.4 is 5.32 Å². The fraction of sp³-hybridized carbons (Fsp3) is 0.917. The Bertz CT molecular complexity index is 194. The lowest BCUT2D eigenvalue weighted by Crippen LogP contribution is -2.39. The first-order chi connectivity index (χ1) is 6.74. The van der Waals surface area contributed by atoms with E-state index in [2.05, 4.69) is 26.1 Å². The molecule has 0 aromatic carbocycles. The summed E-state index contributed by atoms with van der Waals surface area (Å²) in [4.78, 5) is 11.5. The van der Waals surface area contributed by atoms with Crippen molar-refractivity contribution in [1.82, 2.24) is 5.32 Å². The van der Waals surface area contributed by atoms with Crippen molar-refractivity contribution in [3.05, 3.63) is 0 Å². The summed E-state index contributed by atoms with van der Waals surface area (Å²) in [6.07, 6.45) is 1.63. The van der Waals surface area contributed by atoms with Crippen LogP contribution in [0.15, 0.2) is 0 Å². The topological polar surface area (TPSA) is 38.3 Å². The van der Waals surface area contributed by atoms with Gasteiger partial charge in [0, 0.05) is 6.04 Å². The fourth-order valence-electron chi connectivity index (χ4n) is 1.37. The number of rotatable bonds is 4. The molecule has 0 aromatic rings. The van der Waals surface area contributed by atoms with E-state index in [4.69, 9.17) is 4.74 Å². The maximum atomic E-state index is 11.5. The highest BCUT2D eigenvalue weighted by Gasteiger charge is 2.18. The monoisotopic (exact) mass is 215 g/mol. The fourth-order valence-corrected chi connectivity index (χ4v) is 1.37. The van der Waals surface area contributed by atoms with E-state index in [1.165, 1.54) is 0 Å². The zero-order valence-corrected chi connectivity index (χ0v) is 10.9. The molecule has 0 spiro atoms. The second kappa shape index (κ2) is 5.99. The second-order valence-electron chi connectivity index (χ2n) is 5.38. The molecule has 0 heterocycles. The first kappa shape index (κ1) is 14.3. The minimum Gasteiger partial charge on any atom is -0.444 e. The number of alkyl carbamates (subject to hydrolysis) is 1. The Morgan fingerprint density at radius 1 is 1.33 bits per heavy atom. The summed E-state index contributed by atoms with van der Waals surface area (Å²) in [5, 5.41) is 2.89. The number of ether oxygens (including phenoxy) is 1. The second-order valence-corrected chi connectivity index (χ2v) is 5.38. The van der Waals surface area contributed by atoms with Gasteiger partial charge in [0.2, 0.25) is 0 Å². The van der Waals surface area contributed by atoms with Crippen LogP contribution in [0.5, 0.6) is 0 Å². The molecule has 0 aromatic heterocycles. The van der Waals surface area contributed by atoms with E-state index in [0.717, 1.165) is 12.8 Å². The number of carbonyl (C=O) groups excluding carboxylic acids is 1. The lowest BCUT2D eigenvalue weighted by atomic mass is 10.0. The van der Waals surface area contributed by atoms with E-state index in [-0.39, 0.29) is 12.1 Å². The number of hydrogen-bond acceptors (Lipinski definition) is 2. The van der Waals surface area contributed by atoms with Gasteiger partial charge in [-0.3, -0.25) is 0 Å². The molecule has 1 atom stereocenters. The van der Waals surface area contributed by atoms with Crippen molar-refractivity contribution >= 4 is 6.09 Å². The van der Waals surface area contributed by atoms with Crippen molar-refractivity contribution < 1.29 is 9.53 Å². The molecule has 0 aliphatic heterocycles. The summed E-state index contributed by atoms with van der Waals surface area (Å²) >= 11 is 0. The molecule has 0 bridgehead atoms. The largest absolute Gasteiger partial charge is 0.444 e. The predicted octanol–water partition coefficient (Wildman–Crippen LogP) is 3.34. The van der Waals surface area contributed by atoms with Gasteiger partial charge in [0.25, 0.3) is 0 Å². The molecule has 1 amide bonds. The van der Waals surface area contributed by atoms with Crippen molar-refractivity contribution in [3.63, 3.8) is 0 Å². The van der Waals surface area contributed by atoms with Crippen molar-refractivity contribution in [2.24, 2.45) is 5.92 Å². The first-order valence-electron chi connectivity index (χ1n) is 5.74. The Hall–Kier alpha value is -0.730. The van der Waals surface area contributed by atoms with E-state index in [1.807, 2.05) is 20.8 Å². The van der Waals surface area contributed by atoms with Crippen LogP contribution in [0, 0.1) is 5.92 Å². The SMILES string of the molecule is CCC(CC(C)C)NC(=O)OC(C)(C)C. The van der Waals surface area contributed by atoms with Gasteiger partial charge in [-0.1, -0.05) is 20.8 Å². The van der Waals surface area contributed by atoms with Gasteiger partial charge in [0.1, 0.15) is 5.60 Å². The van der Waals surface area contributed by atoms with Crippen LogP contribution in [0.4, 0.5) is 4.79 Å². The van der Waals surface area contributed by atoms with E-state index in [9.17, 15) is 4.79 Å². The standard InChI is InChI=1S/C12H25NO2/c1-7-10(8-9(2)3)13-11(14)15-12(4,5)6/h9-10H,7-8H2,1-6H3,(H,13,14). The summed E-state index contributed by atoms with van der Waals surface area (Å²) in [5.74, 6) is 0.588. The number of hydrogen-bond donors (Lipinski definition) is 1. The van der Waals surface area contributed by atoms with Gasteiger partial charge < -0.3 is 10.1 Å². The first-order valence-corrected chi connectivity index (χ1v) is 5.74. The Kier molecular flexibility index (Phi) is 5.69. The molecule has 3 heteroatoms. The summed E-state index contributed by atoms with van der Waals surface area (Å²) in [5.41, 5.74) is -0.416. The van der Waals surface area contributed by atoms with Crippen LogP contribution in [0.1, 0.15) is 54.4 Å². The highest BCUT2D eigenvalue weighted by Crippen LogP contribution is 2.10. The lowest BCUT2D eigenvalue weighted by molar-refractivity contribution is 0.0497. The third-order valence-electron chi connectivity index (χ3n) is 1.97. The Morgan fingerprint density at radius 3 is 2.20 bits per heavy atom. The number of amides is 1. The zero-order valence-electron chi connectivity index (χ0n) is 10.9. The van der Waals surface area contributed by atoms with Crippen molar-refractivity contribution in [1.29, 1.82) is 0 Å². The van der Waals surface area contributed by atoms with E-state index in [1.54, 1.807) is 0 Å². The summed E-state index contributed by atoms with van der Waals surface area (Å²) in [7, 11) is 0. The maximum Gasteiger partial charge on any atom is 0.407 e. The third-order valence-corrected chi connectivity index (χ3v) is 1.97. The Balaban J connectivity index is 4.02. The lowest BCUT2D eigenvalue weighted by Gasteiger charge is -2.23. The average Bonchev–Trinajstić information content (AvgIpc) is 1.98. The zero-order chi connectivity index (χ0) is 12.1. The quantitative estimate of drug-likeness (QED) is 0.781.